The second-order valence-electron chi connectivity index (χ2n) is 13.6. The van der Waals surface area contributed by atoms with Gasteiger partial charge in [0.15, 0.2) is 0 Å². The van der Waals surface area contributed by atoms with Crippen LogP contribution in [0, 0.1) is 0 Å². The topological polar surface area (TPSA) is 18.1 Å². The highest BCUT2D eigenvalue weighted by atomic mass is 16.3. The van der Waals surface area contributed by atoms with Crippen LogP contribution in [-0.2, 0) is 0 Å². The number of hydrogen-bond acceptors (Lipinski definition) is 1. The number of para-hydroxylation sites is 2. The number of fused-ring (bicyclic) bond motifs is 12. The van der Waals surface area contributed by atoms with E-state index in [0.29, 0.717) is 0 Å². The molecular weight excluding hydrogens is 607 g/mol. The molecule has 8 aromatic carbocycles. The number of hydrogen-bond donors (Lipinski definition) is 0. The molecule has 0 N–H and O–H groups in total. The second-order valence-corrected chi connectivity index (χ2v) is 13.6. The van der Waals surface area contributed by atoms with Gasteiger partial charge >= 0.3 is 0 Å². The van der Waals surface area contributed by atoms with Gasteiger partial charge in [-0.05, 0) is 97.9 Å². The molecule has 0 saturated heterocycles. The normalized spacial score (nSPS) is 15.0. The van der Waals surface area contributed by atoms with Crippen molar-refractivity contribution in [1.29, 1.82) is 0 Å². The summed E-state index contributed by atoms with van der Waals surface area (Å²) >= 11 is 0. The van der Waals surface area contributed by atoms with E-state index in [1.807, 2.05) is 12.1 Å². The zero-order valence-electron chi connectivity index (χ0n) is 27.3. The van der Waals surface area contributed by atoms with Gasteiger partial charge < -0.3 is 8.98 Å². The fraction of sp³-hybridized carbons (Fsp3) is 0.0417. The molecule has 2 heteroatoms. The Bertz CT molecular complexity index is 3040. The molecule has 2 heterocycles. The van der Waals surface area contributed by atoms with Gasteiger partial charge in [-0.2, -0.15) is 0 Å². The molecule has 2 aromatic heterocycles. The molecular formula is C48H31NO. The van der Waals surface area contributed by atoms with Gasteiger partial charge in [0, 0.05) is 33.2 Å². The number of nitrogens with zero attached hydrogens (tertiary/aromatic N) is 1. The Balaban J connectivity index is 1.04. The Labute approximate surface area is 288 Å². The number of aromatic nitrogens is 1. The van der Waals surface area contributed by atoms with Crippen LogP contribution in [0.15, 0.2) is 174 Å². The third-order valence-electron chi connectivity index (χ3n) is 10.9. The zero-order chi connectivity index (χ0) is 32.8. The van der Waals surface area contributed by atoms with Gasteiger partial charge in [0.05, 0.1) is 11.0 Å². The Morgan fingerprint density at radius 1 is 0.440 bits per heavy atom. The third kappa shape index (κ3) is 4.02. The van der Waals surface area contributed by atoms with Gasteiger partial charge in [0.25, 0.3) is 0 Å². The van der Waals surface area contributed by atoms with Crippen molar-refractivity contribution in [3.05, 3.63) is 175 Å². The van der Waals surface area contributed by atoms with Crippen molar-refractivity contribution in [2.45, 2.75) is 12.3 Å². The van der Waals surface area contributed by atoms with Crippen molar-refractivity contribution in [3.63, 3.8) is 0 Å². The maximum Gasteiger partial charge on any atom is 0.135 e. The van der Waals surface area contributed by atoms with Gasteiger partial charge in [0.1, 0.15) is 11.2 Å². The van der Waals surface area contributed by atoms with Gasteiger partial charge in [-0.25, -0.2) is 0 Å². The highest BCUT2D eigenvalue weighted by molar-refractivity contribution is 6.25. The van der Waals surface area contributed by atoms with Crippen LogP contribution in [-0.4, -0.2) is 4.57 Å². The monoisotopic (exact) mass is 637 g/mol. The molecule has 1 aliphatic carbocycles. The quantitative estimate of drug-likeness (QED) is 0.176. The molecule has 50 heavy (non-hydrogen) atoms. The van der Waals surface area contributed by atoms with Crippen molar-refractivity contribution in [2.24, 2.45) is 0 Å². The molecule has 0 aliphatic heterocycles. The Morgan fingerprint density at radius 3 is 1.82 bits per heavy atom. The van der Waals surface area contributed by atoms with Gasteiger partial charge in [-0.15, -0.1) is 0 Å². The standard InChI is InChI=1S/C48H31NO/c1-2-14-37-35(12-1)36-13-3-4-15-38(36)43-27-31(20-23-39(37)43)30-10-9-11-34(26-30)49-45-18-7-5-16-40(45)41-24-21-33(29-46(41)49)32-22-25-48-44(28-32)42-17-6-8-19-47(42)50-48/h1-25,27-30H,26H2. The summed E-state index contributed by atoms with van der Waals surface area (Å²) in [6.45, 7) is 0. The largest absolute Gasteiger partial charge is 0.456 e. The molecule has 0 spiro atoms. The number of allylic oxidation sites excluding steroid dienone is 4. The first-order valence-electron chi connectivity index (χ1n) is 17.4. The third-order valence-corrected chi connectivity index (χ3v) is 10.9. The van der Waals surface area contributed by atoms with E-state index in [1.54, 1.807) is 0 Å². The first-order chi connectivity index (χ1) is 24.8. The summed E-state index contributed by atoms with van der Waals surface area (Å²) in [6, 6.07) is 55.5. The maximum atomic E-state index is 6.14. The van der Waals surface area contributed by atoms with Crippen LogP contribution >= 0.6 is 0 Å². The Hall–Kier alpha value is -6.38. The minimum atomic E-state index is 0.265. The number of benzene rings is 8. The lowest BCUT2D eigenvalue weighted by molar-refractivity contribution is 0.669. The summed E-state index contributed by atoms with van der Waals surface area (Å²) < 4.78 is 8.64. The highest BCUT2D eigenvalue weighted by Crippen LogP contribution is 2.42. The summed E-state index contributed by atoms with van der Waals surface area (Å²) in [4.78, 5) is 0. The average molecular weight is 638 g/mol. The second kappa shape index (κ2) is 10.6. The molecule has 0 saturated carbocycles. The lowest BCUT2D eigenvalue weighted by Crippen LogP contribution is -2.06. The van der Waals surface area contributed by atoms with Crippen LogP contribution < -0.4 is 0 Å². The van der Waals surface area contributed by atoms with Gasteiger partial charge in [0.2, 0.25) is 0 Å². The molecule has 1 atom stereocenters. The van der Waals surface area contributed by atoms with Crippen LogP contribution in [0.3, 0.4) is 0 Å². The molecule has 1 aliphatic rings. The summed E-state index contributed by atoms with van der Waals surface area (Å²) in [5, 5.41) is 12.8. The number of furan rings is 1. The van der Waals surface area contributed by atoms with E-state index in [-0.39, 0.29) is 5.92 Å². The minimum absolute atomic E-state index is 0.265. The van der Waals surface area contributed by atoms with Crippen LogP contribution in [0.4, 0.5) is 0 Å². The van der Waals surface area contributed by atoms with E-state index in [0.717, 1.165) is 28.4 Å². The lowest BCUT2D eigenvalue weighted by Gasteiger charge is -2.22. The van der Waals surface area contributed by atoms with Crippen LogP contribution in [0.1, 0.15) is 17.9 Å². The van der Waals surface area contributed by atoms with E-state index in [1.165, 1.54) is 76.5 Å². The fourth-order valence-corrected chi connectivity index (χ4v) is 8.58. The van der Waals surface area contributed by atoms with E-state index >= 15 is 0 Å². The SMILES string of the molecule is C1=CC(c2ccc3c4ccccc4c4ccccc4c3c2)CC(n2c3ccccc3c3ccc(-c4ccc5oc6ccccc6c5c4)cc32)=C1. The van der Waals surface area contributed by atoms with Crippen molar-refractivity contribution < 1.29 is 4.42 Å². The molecule has 11 rings (SSSR count). The molecule has 1 unspecified atom stereocenters. The van der Waals surface area contributed by atoms with E-state index < -0.39 is 0 Å². The van der Waals surface area contributed by atoms with Crippen LogP contribution in [0.25, 0.3) is 92.9 Å². The van der Waals surface area contributed by atoms with Crippen LogP contribution in [0.2, 0.25) is 0 Å². The van der Waals surface area contributed by atoms with Crippen molar-refractivity contribution in [2.75, 3.05) is 0 Å². The Morgan fingerprint density at radius 2 is 1.02 bits per heavy atom. The summed E-state index contributed by atoms with van der Waals surface area (Å²) in [7, 11) is 0. The molecule has 0 radical (unpaired) electrons. The lowest BCUT2D eigenvalue weighted by atomic mass is 9.87. The predicted molar refractivity (Wildman–Crippen MR) is 212 cm³/mol. The smallest absolute Gasteiger partial charge is 0.135 e. The number of rotatable bonds is 3. The van der Waals surface area contributed by atoms with Gasteiger partial charge in [-0.1, -0.05) is 127 Å². The van der Waals surface area contributed by atoms with Crippen LogP contribution in [0.5, 0.6) is 0 Å². The molecule has 0 bridgehead atoms. The molecule has 0 fully saturated rings. The highest BCUT2D eigenvalue weighted by Gasteiger charge is 2.21. The fourth-order valence-electron chi connectivity index (χ4n) is 8.58. The van der Waals surface area contributed by atoms with E-state index in [9.17, 15) is 0 Å². The first kappa shape index (κ1) is 27.6. The predicted octanol–water partition coefficient (Wildman–Crippen LogP) is 13.4. The van der Waals surface area contributed by atoms with Crippen molar-refractivity contribution in [1.82, 2.24) is 4.57 Å². The molecule has 0 amide bonds. The summed E-state index contributed by atoms with van der Waals surface area (Å²) in [5.74, 6) is 0.265. The Kier molecular flexibility index (Phi) is 5.82. The molecule has 2 nitrogen and oxygen atoms in total. The summed E-state index contributed by atoms with van der Waals surface area (Å²) in [5.41, 5.74) is 9.37. The van der Waals surface area contributed by atoms with Crippen molar-refractivity contribution >= 4 is 81.8 Å². The molecule has 234 valence electrons. The minimum Gasteiger partial charge on any atom is -0.456 e. The van der Waals surface area contributed by atoms with Gasteiger partial charge in [-0.3, -0.25) is 0 Å². The maximum absolute atomic E-state index is 6.14. The zero-order valence-corrected chi connectivity index (χ0v) is 27.3. The molecule has 10 aromatic rings. The average Bonchev–Trinajstić information content (AvgIpc) is 3.73. The summed E-state index contributed by atoms with van der Waals surface area (Å²) in [6.07, 6.45) is 7.85. The first-order valence-corrected chi connectivity index (χ1v) is 17.4. The van der Waals surface area contributed by atoms with E-state index in [4.69, 9.17) is 4.42 Å². The van der Waals surface area contributed by atoms with Crippen molar-refractivity contribution in [3.8, 4) is 11.1 Å². The van der Waals surface area contributed by atoms with E-state index in [2.05, 4.69) is 162 Å².